The van der Waals surface area contributed by atoms with Gasteiger partial charge in [-0.15, -0.1) is 0 Å². The van der Waals surface area contributed by atoms with E-state index in [2.05, 4.69) is 13.0 Å². The monoisotopic (exact) mass is 276 g/mol. The highest BCUT2D eigenvalue weighted by molar-refractivity contribution is 5.20. The first-order valence-corrected chi connectivity index (χ1v) is 8.64. The smallest absolute Gasteiger partial charge is 0.0596 e. The van der Waals surface area contributed by atoms with Crippen molar-refractivity contribution in [2.75, 3.05) is 0 Å². The Balaban J connectivity index is 1.62. The molecule has 0 aromatic carbocycles. The van der Waals surface area contributed by atoms with Gasteiger partial charge in [-0.3, -0.25) is 0 Å². The van der Waals surface area contributed by atoms with E-state index < -0.39 is 0 Å². The fraction of sp³-hybridized carbons (Fsp3) is 0.889. The minimum Gasteiger partial charge on any atom is -0.393 e. The van der Waals surface area contributed by atoms with Gasteiger partial charge >= 0.3 is 0 Å². The molecule has 0 radical (unpaired) electrons. The Bertz CT molecular complexity index is 429. The molecule has 0 amide bonds. The van der Waals surface area contributed by atoms with Gasteiger partial charge in [0.15, 0.2) is 0 Å². The molecule has 0 aromatic rings. The van der Waals surface area contributed by atoms with E-state index >= 15 is 0 Å². The van der Waals surface area contributed by atoms with Crippen LogP contribution < -0.4 is 0 Å². The molecule has 7 atom stereocenters. The van der Waals surface area contributed by atoms with Crippen molar-refractivity contribution in [2.45, 2.75) is 70.5 Å². The topological polar surface area (TPSA) is 40.5 Å². The third kappa shape index (κ3) is 1.77. The first-order valence-electron chi connectivity index (χ1n) is 8.64. The standard InChI is InChI=1S/C18H28O2/c1-18-9-8-14-13-5-3-12(19)10-11(13)2-4-15(14)16(18)6-7-17(18)20/h2,12-17,19-20H,3-10H2,1H3/t12-,13-,14?,15?,16?,17-,18-/m0/s1. The van der Waals surface area contributed by atoms with Gasteiger partial charge < -0.3 is 10.2 Å². The summed E-state index contributed by atoms with van der Waals surface area (Å²) in [5.74, 6) is 3.13. The molecule has 0 spiro atoms. The second kappa shape index (κ2) is 4.58. The molecule has 0 saturated heterocycles. The van der Waals surface area contributed by atoms with Crippen LogP contribution in [-0.4, -0.2) is 22.4 Å². The molecule has 0 aliphatic heterocycles. The zero-order valence-electron chi connectivity index (χ0n) is 12.6. The maximum atomic E-state index is 10.4. The number of fused-ring (bicyclic) bond motifs is 5. The number of hydrogen-bond acceptors (Lipinski definition) is 2. The average molecular weight is 276 g/mol. The molecular formula is C18H28O2. The normalized spacial score (nSPS) is 54.6. The Morgan fingerprint density at radius 1 is 1.05 bits per heavy atom. The van der Waals surface area contributed by atoms with Crippen LogP contribution in [0.25, 0.3) is 0 Å². The molecule has 4 rings (SSSR count). The molecule has 3 fully saturated rings. The Labute approximate surface area is 122 Å². The maximum Gasteiger partial charge on any atom is 0.0596 e. The Kier molecular flexibility index (Phi) is 3.05. The van der Waals surface area contributed by atoms with Crippen LogP contribution in [0.15, 0.2) is 11.6 Å². The summed E-state index contributed by atoms with van der Waals surface area (Å²) in [6, 6.07) is 0. The minimum atomic E-state index is -0.0868. The van der Waals surface area contributed by atoms with Gasteiger partial charge in [-0.1, -0.05) is 18.6 Å². The molecule has 4 aliphatic rings. The number of aliphatic hydroxyl groups is 2. The summed E-state index contributed by atoms with van der Waals surface area (Å²) in [4.78, 5) is 0. The summed E-state index contributed by atoms with van der Waals surface area (Å²) in [5, 5.41) is 20.3. The minimum absolute atomic E-state index is 0.0630. The van der Waals surface area contributed by atoms with Crippen LogP contribution in [0.4, 0.5) is 0 Å². The molecule has 2 heteroatoms. The largest absolute Gasteiger partial charge is 0.393 e. The summed E-state index contributed by atoms with van der Waals surface area (Å²) in [7, 11) is 0. The first-order chi connectivity index (χ1) is 9.59. The van der Waals surface area contributed by atoms with Crippen LogP contribution in [0.2, 0.25) is 0 Å². The summed E-state index contributed by atoms with van der Waals surface area (Å²) in [6.45, 7) is 2.34. The lowest BCUT2D eigenvalue weighted by atomic mass is 9.53. The van der Waals surface area contributed by atoms with Gasteiger partial charge in [0.2, 0.25) is 0 Å². The predicted octanol–water partition coefficient (Wildman–Crippen LogP) is 3.28. The SMILES string of the molecule is C[C@]12CCC3C(CC=C4C[C@@H](O)CC[C@@H]43)C1CC[C@@H]2O. The highest BCUT2D eigenvalue weighted by Crippen LogP contribution is 2.61. The van der Waals surface area contributed by atoms with Crippen LogP contribution in [0.1, 0.15) is 58.3 Å². The predicted molar refractivity (Wildman–Crippen MR) is 79.1 cm³/mol. The quantitative estimate of drug-likeness (QED) is 0.667. The molecule has 3 unspecified atom stereocenters. The maximum absolute atomic E-state index is 10.4. The molecule has 112 valence electrons. The van der Waals surface area contributed by atoms with Crippen LogP contribution >= 0.6 is 0 Å². The second-order valence-electron chi connectivity index (χ2n) is 8.13. The summed E-state index contributed by atoms with van der Waals surface area (Å²) < 4.78 is 0. The fourth-order valence-electron chi connectivity index (χ4n) is 6.22. The summed E-state index contributed by atoms with van der Waals surface area (Å²) in [6.07, 6.45) is 11.4. The van der Waals surface area contributed by atoms with Crippen molar-refractivity contribution in [3.8, 4) is 0 Å². The summed E-state index contributed by atoms with van der Waals surface area (Å²) >= 11 is 0. The average Bonchev–Trinajstić information content (AvgIpc) is 2.74. The van der Waals surface area contributed by atoms with Gasteiger partial charge in [0.05, 0.1) is 12.2 Å². The van der Waals surface area contributed by atoms with Gasteiger partial charge in [0.1, 0.15) is 0 Å². The molecule has 0 bridgehead atoms. The zero-order chi connectivity index (χ0) is 13.9. The number of aliphatic hydroxyl groups excluding tert-OH is 2. The van der Waals surface area contributed by atoms with E-state index in [-0.39, 0.29) is 17.6 Å². The number of rotatable bonds is 0. The van der Waals surface area contributed by atoms with Gasteiger partial charge in [0.25, 0.3) is 0 Å². The van der Waals surface area contributed by atoms with E-state index in [4.69, 9.17) is 0 Å². The lowest BCUT2D eigenvalue weighted by Gasteiger charge is -2.53. The van der Waals surface area contributed by atoms with E-state index in [9.17, 15) is 10.2 Å². The highest BCUT2D eigenvalue weighted by atomic mass is 16.3. The number of hydrogen-bond donors (Lipinski definition) is 2. The van der Waals surface area contributed by atoms with Crippen molar-refractivity contribution in [2.24, 2.45) is 29.1 Å². The van der Waals surface area contributed by atoms with Crippen molar-refractivity contribution in [3.05, 3.63) is 11.6 Å². The van der Waals surface area contributed by atoms with Crippen molar-refractivity contribution < 1.29 is 10.2 Å². The van der Waals surface area contributed by atoms with Crippen LogP contribution in [0, 0.1) is 29.1 Å². The molecule has 20 heavy (non-hydrogen) atoms. The lowest BCUT2D eigenvalue weighted by Crippen LogP contribution is -2.47. The van der Waals surface area contributed by atoms with E-state index in [0.717, 1.165) is 42.9 Å². The van der Waals surface area contributed by atoms with Crippen LogP contribution in [0.5, 0.6) is 0 Å². The third-order valence-corrected chi connectivity index (χ3v) is 7.37. The molecule has 2 nitrogen and oxygen atoms in total. The van der Waals surface area contributed by atoms with Crippen molar-refractivity contribution in [1.82, 2.24) is 0 Å². The molecule has 4 aliphatic carbocycles. The van der Waals surface area contributed by atoms with Crippen molar-refractivity contribution in [3.63, 3.8) is 0 Å². The fourth-order valence-corrected chi connectivity index (χ4v) is 6.22. The van der Waals surface area contributed by atoms with Crippen LogP contribution in [-0.2, 0) is 0 Å². The van der Waals surface area contributed by atoms with Gasteiger partial charge in [-0.25, -0.2) is 0 Å². The van der Waals surface area contributed by atoms with E-state index in [1.807, 2.05) is 0 Å². The third-order valence-electron chi connectivity index (χ3n) is 7.37. The van der Waals surface area contributed by atoms with Crippen molar-refractivity contribution >= 4 is 0 Å². The van der Waals surface area contributed by atoms with Gasteiger partial charge in [-0.2, -0.15) is 0 Å². The molecule has 2 N–H and O–H groups in total. The summed E-state index contributed by atoms with van der Waals surface area (Å²) in [5.41, 5.74) is 1.76. The van der Waals surface area contributed by atoms with E-state index in [0.29, 0.717) is 0 Å². The van der Waals surface area contributed by atoms with E-state index in [1.54, 1.807) is 5.57 Å². The lowest BCUT2D eigenvalue weighted by molar-refractivity contribution is -0.0499. The molecule has 3 saturated carbocycles. The van der Waals surface area contributed by atoms with Gasteiger partial charge in [-0.05, 0) is 80.5 Å². The van der Waals surface area contributed by atoms with Crippen LogP contribution in [0.3, 0.4) is 0 Å². The first kappa shape index (κ1) is 13.3. The molecular weight excluding hydrogens is 248 g/mol. The Morgan fingerprint density at radius 3 is 2.75 bits per heavy atom. The Morgan fingerprint density at radius 2 is 1.90 bits per heavy atom. The zero-order valence-corrected chi connectivity index (χ0v) is 12.6. The number of allylic oxidation sites excluding steroid dienone is 1. The molecule has 0 heterocycles. The molecule has 0 aromatic heterocycles. The highest BCUT2D eigenvalue weighted by Gasteiger charge is 2.55. The van der Waals surface area contributed by atoms with Gasteiger partial charge in [0, 0.05) is 0 Å². The second-order valence-corrected chi connectivity index (χ2v) is 8.13. The Hall–Kier alpha value is -0.340. The van der Waals surface area contributed by atoms with Crippen molar-refractivity contribution in [1.29, 1.82) is 0 Å². The van der Waals surface area contributed by atoms with E-state index in [1.165, 1.54) is 32.1 Å².